The third-order valence-corrected chi connectivity index (χ3v) is 4.74. The van der Waals surface area contributed by atoms with E-state index in [1.54, 1.807) is 16.7 Å². The number of piperazine rings is 1. The van der Waals surface area contributed by atoms with Crippen LogP contribution in [0.4, 0.5) is 10.1 Å². The van der Waals surface area contributed by atoms with Crippen molar-refractivity contribution in [1.82, 2.24) is 9.88 Å². The third-order valence-electron chi connectivity index (χ3n) is 4.74. The van der Waals surface area contributed by atoms with Crippen LogP contribution in [0.25, 0.3) is 10.9 Å². The molecule has 1 saturated heterocycles. The van der Waals surface area contributed by atoms with Gasteiger partial charge >= 0.3 is 5.97 Å². The molecule has 0 bridgehead atoms. The van der Waals surface area contributed by atoms with Crippen molar-refractivity contribution in [3.05, 3.63) is 39.9 Å². The molecule has 1 aliphatic heterocycles. The van der Waals surface area contributed by atoms with E-state index in [2.05, 4.69) is 5.32 Å². The molecule has 2 fully saturated rings. The number of nitrogens with zero attached hydrogens (tertiary/aromatic N) is 2. The van der Waals surface area contributed by atoms with Crippen LogP contribution in [0.5, 0.6) is 0 Å². The van der Waals surface area contributed by atoms with Gasteiger partial charge in [0.15, 0.2) is 5.82 Å². The Morgan fingerprint density at radius 1 is 1.24 bits per heavy atom. The Labute approximate surface area is 149 Å². The summed E-state index contributed by atoms with van der Waals surface area (Å²) in [7, 11) is 0. The molecule has 6 nitrogen and oxygen atoms in total. The van der Waals surface area contributed by atoms with Crippen molar-refractivity contribution in [3.63, 3.8) is 0 Å². The average Bonchev–Trinajstić information content (AvgIpc) is 3.41. The number of hydrogen-bond donors (Lipinski definition) is 2. The van der Waals surface area contributed by atoms with Crippen molar-refractivity contribution in [3.8, 4) is 0 Å². The van der Waals surface area contributed by atoms with Crippen LogP contribution in [0, 0.1) is 5.82 Å². The van der Waals surface area contributed by atoms with Gasteiger partial charge in [0.2, 0.25) is 5.43 Å². The molecular formula is C17H19ClFN3O3. The number of rotatable bonds is 3. The number of nitrogens with one attached hydrogen (secondary N) is 1. The summed E-state index contributed by atoms with van der Waals surface area (Å²) < 4.78 is 16.9. The largest absolute Gasteiger partial charge is 0.477 e. The van der Waals surface area contributed by atoms with Crippen LogP contribution in [0.15, 0.2) is 23.1 Å². The minimum atomic E-state index is -1.28. The van der Waals surface area contributed by atoms with Gasteiger partial charge in [0.25, 0.3) is 0 Å². The molecule has 0 amide bonds. The number of fused-ring (bicyclic) bond motifs is 1. The Balaban J connectivity index is 0.00000182. The zero-order valence-corrected chi connectivity index (χ0v) is 14.3. The summed E-state index contributed by atoms with van der Waals surface area (Å²) in [5.74, 6) is -1.71. The Kier molecular flexibility index (Phi) is 4.71. The number of carboxylic acid groups (broad SMARTS) is 1. The number of carboxylic acids is 1. The molecular weight excluding hydrogens is 349 g/mol. The lowest BCUT2D eigenvalue weighted by atomic mass is 10.1. The van der Waals surface area contributed by atoms with Gasteiger partial charge < -0.3 is 19.9 Å². The second-order valence-corrected chi connectivity index (χ2v) is 6.35. The highest BCUT2D eigenvalue weighted by atomic mass is 35.5. The highest BCUT2D eigenvalue weighted by Crippen LogP contribution is 2.38. The minimum absolute atomic E-state index is 0. The summed E-state index contributed by atoms with van der Waals surface area (Å²) in [6.07, 6.45) is 3.04. The van der Waals surface area contributed by atoms with E-state index in [1.165, 1.54) is 6.20 Å². The van der Waals surface area contributed by atoms with Crippen molar-refractivity contribution < 1.29 is 14.3 Å². The molecule has 25 heavy (non-hydrogen) atoms. The van der Waals surface area contributed by atoms with E-state index >= 15 is 4.39 Å². The van der Waals surface area contributed by atoms with Gasteiger partial charge in [-0.15, -0.1) is 12.4 Å². The van der Waals surface area contributed by atoms with E-state index in [4.69, 9.17) is 0 Å². The zero-order chi connectivity index (χ0) is 16.8. The van der Waals surface area contributed by atoms with E-state index in [1.807, 2.05) is 4.90 Å². The lowest BCUT2D eigenvalue weighted by Crippen LogP contribution is -2.44. The highest BCUT2D eigenvalue weighted by Gasteiger charge is 2.29. The van der Waals surface area contributed by atoms with E-state index < -0.39 is 17.2 Å². The van der Waals surface area contributed by atoms with Crippen LogP contribution >= 0.6 is 12.4 Å². The predicted molar refractivity (Wildman–Crippen MR) is 95.7 cm³/mol. The highest BCUT2D eigenvalue weighted by molar-refractivity contribution is 5.93. The molecule has 1 aromatic carbocycles. The fourth-order valence-electron chi connectivity index (χ4n) is 3.34. The van der Waals surface area contributed by atoms with Gasteiger partial charge in [-0.1, -0.05) is 0 Å². The van der Waals surface area contributed by atoms with Gasteiger partial charge in [-0.2, -0.15) is 0 Å². The molecule has 8 heteroatoms. The van der Waals surface area contributed by atoms with E-state index in [0.29, 0.717) is 18.8 Å². The number of aromatic nitrogens is 1. The monoisotopic (exact) mass is 367 g/mol. The quantitative estimate of drug-likeness (QED) is 0.868. The standard InChI is InChI=1S/C17H18FN3O3.ClH/c18-14-13(20-7-5-19-6-8-20)4-3-11-15(14)21(10-1-2-10)9-12(16(11)22)17(23)24;/h3-4,9-10,19H,1-2,5-8H2,(H,23,24);1H. The normalized spacial score (nSPS) is 17.4. The van der Waals surface area contributed by atoms with Crippen LogP contribution in [0.1, 0.15) is 29.2 Å². The van der Waals surface area contributed by atoms with Gasteiger partial charge in [0.05, 0.1) is 11.2 Å². The molecule has 2 aromatic rings. The fraction of sp³-hybridized carbons (Fsp3) is 0.412. The molecule has 0 unspecified atom stereocenters. The lowest BCUT2D eigenvalue weighted by Gasteiger charge is -2.30. The van der Waals surface area contributed by atoms with Crippen molar-refractivity contribution in [2.75, 3.05) is 31.1 Å². The first-order valence-corrected chi connectivity index (χ1v) is 8.14. The van der Waals surface area contributed by atoms with E-state index in [-0.39, 0.29) is 34.9 Å². The van der Waals surface area contributed by atoms with Crippen molar-refractivity contribution in [1.29, 1.82) is 0 Å². The third kappa shape index (κ3) is 2.98. The Hall–Kier alpha value is -2.12. The number of anilines is 1. The summed E-state index contributed by atoms with van der Waals surface area (Å²) >= 11 is 0. The summed E-state index contributed by atoms with van der Waals surface area (Å²) in [5, 5.41) is 12.6. The molecule has 0 spiro atoms. The Morgan fingerprint density at radius 3 is 2.52 bits per heavy atom. The molecule has 2 heterocycles. The zero-order valence-electron chi connectivity index (χ0n) is 13.5. The predicted octanol–water partition coefficient (Wildman–Crippen LogP) is 2.01. The Bertz CT molecular complexity index is 889. The first-order chi connectivity index (χ1) is 11.6. The van der Waals surface area contributed by atoms with Crippen molar-refractivity contribution >= 4 is 35.0 Å². The van der Waals surface area contributed by atoms with Gasteiger partial charge in [-0.05, 0) is 25.0 Å². The molecule has 0 atom stereocenters. The number of aromatic carboxylic acids is 1. The van der Waals surface area contributed by atoms with Crippen LogP contribution in [-0.4, -0.2) is 41.8 Å². The number of hydrogen-bond acceptors (Lipinski definition) is 4. The molecule has 1 aromatic heterocycles. The maximum atomic E-state index is 15.2. The van der Waals surface area contributed by atoms with Gasteiger partial charge in [-0.3, -0.25) is 4.79 Å². The van der Waals surface area contributed by atoms with Crippen LogP contribution in [0.2, 0.25) is 0 Å². The van der Waals surface area contributed by atoms with Gasteiger partial charge in [0.1, 0.15) is 5.56 Å². The molecule has 1 aliphatic carbocycles. The summed E-state index contributed by atoms with van der Waals surface area (Å²) in [6, 6.07) is 3.22. The van der Waals surface area contributed by atoms with Crippen LogP contribution in [-0.2, 0) is 0 Å². The molecule has 1 saturated carbocycles. The topological polar surface area (TPSA) is 74.6 Å². The first kappa shape index (κ1) is 17.7. The minimum Gasteiger partial charge on any atom is -0.477 e. The van der Waals surface area contributed by atoms with Gasteiger partial charge in [-0.25, -0.2) is 9.18 Å². The first-order valence-electron chi connectivity index (χ1n) is 8.14. The molecule has 4 rings (SSSR count). The van der Waals surface area contributed by atoms with Crippen molar-refractivity contribution in [2.24, 2.45) is 0 Å². The summed E-state index contributed by atoms with van der Waals surface area (Å²) in [5.41, 5.74) is -0.228. The van der Waals surface area contributed by atoms with E-state index in [9.17, 15) is 14.7 Å². The molecule has 2 aliphatic rings. The summed E-state index contributed by atoms with van der Waals surface area (Å²) in [6.45, 7) is 2.96. The molecule has 0 radical (unpaired) electrons. The fourth-order valence-corrected chi connectivity index (χ4v) is 3.34. The number of halogens is 2. The SMILES string of the molecule is Cl.O=C(O)c1cn(C2CC2)c2c(F)c(N3CCNCC3)ccc2c1=O. The molecule has 134 valence electrons. The second-order valence-electron chi connectivity index (χ2n) is 6.35. The number of benzene rings is 1. The van der Waals surface area contributed by atoms with Crippen molar-refractivity contribution in [2.45, 2.75) is 18.9 Å². The van der Waals surface area contributed by atoms with Crippen LogP contribution < -0.4 is 15.6 Å². The summed E-state index contributed by atoms with van der Waals surface area (Å²) in [4.78, 5) is 25.7. The molecule has 2 N–H and O–H groups in total. The van der Waals surface area contributed by atoms with E-state index in [0.717, 1.165) is 25.9 Å². The lowest BCUT2D eigenvalue weighted by molar-refractivity contribution is 0.0695. The average molecular weight is 368 g/mol. The number of carbonyl (C=O) groups is 1. The van der Waals surface area contributed by atoms with Crippen LogP contribution in [0.3, 0.4) is 0 Å². The second kappa shape index (κ2) is 6.65. The Morgan fingerprint density at radius 2 is 1.92 bits per heavy atom. The number of pyridine rings is 1. The maximum Gasteiger partial charge on any atom is 0.341 e. The van der Waals surface area contributed by atoms with Gasteiger partial charge in [0, 0.05) is 43.8 Å². The smallest absolute Gasteiger partial charge is 0.341 e. The maximum absolute atomic E-state index is 15.2.